The maximum Gasteiger partial charge on any atom is 2.00 e. The second-order valence-corrected chi connectivity index (χ2v) is 8.99. The minimum absolute atomic E-state index is 0. The average Bonchev–Trinajstić information content (AvgIpc) is 2.73. The summed E-state index contributed by atoms with van der Waals surface area (Å²) >= 11 is 4.83. The summed E-state index contributed by atoms with van der Waals surface area (Å²) in [6, 6.07) is 10.1. The van der Waals surface area contributed by atoms with Gasteiger partial charge in [0.15, 0.2) is 10.1 Å². The van der Waals surface area contributed by atoms with Crippen LogP contribution in [0.2, 0.25) is 0 Å². The smallest absolute Gasteiger partial charge is 0.793 e. The first kappa shape index (κ1) is 34.0. The molecule has 0 aliphatic heterocycles. The van der Waals surface area contributed by atoms with Gasteiger partial charge in [-0.25, -0.2) is 13.4 Å². The van der Waals surface area contributed by atoms with E-state index in [1.54, 1.807) is 0 Å². The van der Waals surface area contributed by atoms with Gasteiger partial charge in [0, 0.05) is 18.6 Å². The SMILES string of the molecule is Cc1c(C)c(C)c(C)c(C)c1C.O=S(=O)([O-])C(F)(F)F.[Ru+2].[S-]CCCC=[NH+]c1ccccc1. The summed E-state index contributed by atoms with van der Waals surface area (Å²) in [5.41, 5.74) is 4.22. The summed E-state index contributed by atoms with van der Waals surface area (Å²) in [6.45, 7) is 13.3. The quantitative estimate of drug-likeness (QED) is 0.143. The fourth-order valence-electron chi connectivity index (χ4n) is 2.60. The normalized spacial score (nSPS) is 11.1. The first-order valence-electron chi connectivity index (χ1n) is 9.92. The minimum atomic E-state index is -6.09. The molecule has 0 heterocycles. The molecule has 2 aromatic rings. The van der Waals surface area contributed by atoms with Crippen LogP contribution >= 0.6 is 0 Å². The molecular weight excluding hydrogens is 560 g/mol. The van der Waals surface area contributed by atoms with E-state index in [1.165, 1.54) is 33.4 Å². The van der Waals surface area contributed by atoms with E-state index in [-0.39, 0.29) is 19.5 Å². The number of rotatable bonds is 4. The van der Waals surface area contributed by atoms with Crippen LogP contribution in [0.4, 0.5) is 18.9 Å². The standard InChI is InChI=1S/C12H18.C10H13NS.CHF3O3S.Ru/c1-7-8(2)10(4)12(6)11(5)9(7)3;12-9-5-4-8-11-10-6-2-1-3-7-10;2-1(3,4)8(5,6)7;/h1-6H3;1-3,6-8,12H,4-5,9H2;(H,5,6,7);/q;;;+2/p-1. The molecule has 0 amide bonds. The molecule has 186 valence electrons. The van der Waals surface area contributed by atoms with Crippen LogP contribution in [-0.2, 0) is 42.2 Å². The van der Waals surface area contributed by atoms with Crippen molar-refractivity contribution in [3.63, 3.8) is 0 Å². The number of hydrogen-bond acceptors (Lipinski definition) is 4. The van der Waals surface area contributed by atoms with Crippen LogP contribution in [-0.4, -0.2) is 30.4 Å². The van der Waals surface area contributed by atoms with Gasteiger partial charge in [0.25, 0.3) is 0 Å². The first-order valence-corrected chi connectivity index (χ1v) is 11.9. The number of benzene rings is 2. The molecule has 10 heteroatoms. The van der Waals surface area contributed by atoms with Gasteiger partial charge in [0.2, 0.25) is 5.69 Å². The molecule has 0 fully saturated rings. The monoisotopic (exact) mass is 592 g/mol. The molecule has 2 rings (SSSR count). The molecule has 2 aromatic carbocycles. The van der Waals surface area contributed by atoms with Crippen molar-refractivity contribution in [3.8, 4) is 0 Å². The topological polar surface area (TPSA) is 71.2 Å². The van der Waals surface area contributed by atoms with E-state index in [9.17, 15) is 13.2 Å². The van der Waals surface area contributed by atoms with Crippen molar-refractivity contribution >= 4 is 34.6 Å². The van der Waals surface area contributed by atoms with Gasteiger partial charge in [-0.15, -0.1) is 0 Å². The molecule has 0 radical (unpaired) electrons. The van der Waals surface area contributed by atoms with E-state index in [0.29, 0.717) is 0 Å². The Morgan fingerprint density at radius 2 is 1.21 bits per heavy atom. The fraction of sp³-hybridized carbons (Fsp3) is 0.435. The molecule has 0 bridgehead atoms. The second kappa shape index (κ2) is 15.6. The van der Waals surface area contributed by atoms with Gasteiger partial charge in [-0.1, -0.05) is 24.6 Å². The molecule has 4 nitrogen and oxygen atoms in total. The number of para-hydroxylation sites is 1. The van der Waals surface area contributed by atoms with Gasteiger partial charge >= 0.3 is 25.0 Å². The zero-order valence-electron chi connectivity index (χ0n) is 19.6. The predicted molar refractivity (Wildman–Crippen MR) is 125 cm³/mol. The van der Waals surface area contributed by atoms with Gasteiger partial charge in [0.05, 0.1) is 0 Å². The Labute approximate surface area is 214 Å². The van der Waals surface area contributed by atoms with Crippen molar-refractivity contribution in [2.45, 2.75) is 59.9 Å². The Morgan fingerprint density at radius 1 is 0.879 bits per heavy atom. The van der Waals surface area contributed by atoms with E-state index in [2.05, 4.69) is 52.7 Å². The van der Waals surface area contributed by atoms with Crippen molar-refractivity contribution in [1.29, 1.82) is 0 Å². The predicted octanol–water partition coefficient (Wildman–Crippen LogP) is 4.38. The van der Waals surface area contributed by atoms with E-state index in [1.807, 2.05) is 30.3 Å². The molecule has 0 aliphatic rings. The Balaban J connectivity index is 0. The van der Waals surface area contributed by atoms with Crippen LogP contribution in [0, 0.1) is 41.5 Å². The van der Waals surface area contributed by atoms with Crippen molar-refractivity contribution < 1.29 is 50.6 Å². The Kier molecular flexibility index (Phi) is 16.1. The van der Waals surface area contributed by atoms with Gasteiger partial charge in [-0.2, -0.15) is 18.9 Å². The van der Waals surface area contributed by atoms with Crippen LogP contribution < -0.4 is 4.99 Å². The summed E-state index contributed by atoms with van der Waals surface area (Å²) < 4.78 is 58.9. The van der Waals surface area contributed by atoms with Crippen LogP contribution in [0.1, 0.15) is 46.2 Å². The molecule has 0 saturated carbocycles. The molecule has 0 atom stereocenters. The van der Waals surface area contributed by atoms with Crippen molar-refractivity contribution in [3.05, 3.63) is 63.7 Å². The van der Waals surface area contributed by atoms with Crippen LogP contribution in [0.25, 0.3) is 0 Å². The van der Waals surface area contributed by atoms with E-state index in [0.717, 1.165) is 24.3 Å². The second-order valence-electron chi connectivity index (χ2n) is 7.21. The van der Waals surface area contributed by atoms with Crippen LogP contribution in [0.3, 0.4) is 0 Å². The van der Waals surface area contributed by atoms with E-state index in [4.69, 9.17) is 25.6 Å². The summed E-state index contributed by atoms with van der Waals surface area (Å²) in [7, 11) is -6.09. The van der Waals surface area contributed by atoms with Gasteiger partial charge in [-0.05, 0) is 74.9 Å². The summed E-state index contributed by atoms with van der Waals surface area (Å²) in [6.07, 6.45) is 4.18. The number of halogens is 3. The third-order valence-electron chi connectivity index (χ3n) is 5.19. The van der Waals surface area contributed by atoms with Crippen molar-refractivity contribution in [2.24, 2.45) is 0 Å². The summed E-state index contributed by atoms with van der Waals surface area (Å²) in [5.74, 6) is 0.840. The zero-order chi connectivity index (χ0) is 25.1. The Morgan fingerprint density at radius 3 is 1.48 bits per heavy atom. The Hall–Kier alpha value is -1.22. The number of alkyl halides is 3. The third-order valence-corrected chi connectivity index (χ3v) is 6.05. The Bertz CT molecular complexity index is 889. The molecule has 0 saturated heterocycles. The van der Waals surface area contributed by atoms with Crippen molar-refractivity contribution in [1.82, 2.24) is 0 Å². The van der Waals surface area contributed by atoms with E-state index >= 15 is 0 Å². The zero-order valence-corrected chi connectivity index (χ0v) is 23.0. The largest absolute Gasteiger partial charge is 2.00 e. The molecule has 0 aromatic heterocycles. The van der Waals surface area contributed by atoms with Gasteiger partial charge in [-0.3, -0.25) is 0 Å². The minimum Gasteiger partial charge on any atom is -0.793 e. The van der Waals surface area contributed by atoms with Crippen LogP contribution in [0.15, 0.2) is 30.3 Å². The molecular formula is C23H31F3NO3RuS2+. The first-order chi connectivity index (χ1) is 14.6. The maximum atomic E-state index is 10.7. The molecule has 1 N–H and O–H groups in total. The molecule has 0 aliphatic carbocycles. The summed E-state index contributed by atoms with van der Waals surface area (Å²) in [5, 5.41) is 0. The molecule has 33 heavy (non-hydrogen) atoms. The summed E-state index contributed by atoms with van der Waals surface area (Å²) in [4.78, 5) is 3.21. The third kappa shape index (κ3) is 12.2. The molecule has 0 spiro atoms. The average molecular weight is 592 g/mol. The van der Waals surface area contributed by atoms with Gasteiger partial charge < -0.3 is 17.2 Å². The van der Waals surface area contributed by atoms with Gasteiger partial charge in [0.1, 0.15) is 6.21 Å². The maximum absolute atomic E-state index is 10.7. The fourth-order valence-corrected chi connectivity index (χ4v) is 2.76. The number of hydrogen-bond donors (Lipinski definition) is 1. The van der Waals surface area contributed by atoms with E-state index < -0.39 is 15.6 Å². The molecule has 0 unspecified atom stereocenters. The van der Waals surface area contributed by atoms with Crippen molar-refractivity contribution in [2.75, 3.05) is 5.75 Å². The van der Waals surface area contributed by atoms with Crippen LogP contribution in [0.5, 0.6) is 0 Å². The number of unbranched alkanes of at least 4 members (excludes halogenated alkanes) is 1. The number of nitrogens with one attached hydrogen (secondary N) is 1.